The summed E-state index contributed by atoms with van der Waals surface area (Å²) >= 11 is 1.49. The summed E-state index contributed by atoms with van der Waals surface area (Å²) in [5, 5.41) is 0.709. The molecule has 1 aliphatic carbocycles. The van der Waals surface area contributed by atoms with E-state index < -0.39 is 0 Å². The largest absolute Gasteiger partial charge is 0.495 e. The third-order valence-corrected chi connectivity index (χ3v) is 6.60. The summed E-state index contributed by atoms with van der Waals surface area (Å²) in [6, 6.07) is 3.74. The van der Waals surface area contributed by atoms with Crippen LogP contribution in [0.1, 0.15) is 38.5 Å². The van der Waals surface area contributed by atoms with Gasteiger partial charge in [0, 0.05) is 12.5 Å². The van der Waals surface area contributed by atoms with E-state index >= 15 is 0 Å². The number of nitrogens with zero attached hydrogens (tertiary/aromatic N) is 2. The van der Waals surface area contributed by atoms with Crippen molar-refractivity contribution in [3.63, 3.8) is 0 Å². The molecule has 6 nitrogen and oxygen atoms in total. The molecule has 146 valence electrons. The van der Waals surface area contributed by atoms with Crippen LogP contribution in [-0.2, 0) is 9.53 Å². The zero-order chi connectivity index (χ0) is 18.8. The Hall–Kier alpha value is -1.86. The van der Waals surface area contributed by atoms with Gasteiger partial charge in [0.25, 0.3) is 0 Å². The van der Waals surface area contributed by atoms with Gasteiger partial charge in [-0.25, -0.2) is 4.98 Å². The lowest BCUT2D eigenvalue weighted by atomic mass is 10.1. The van der Waals surface area contributed by atoms with E-state index in [9.17, 15) is 4.79 Å². The van der Waals surface area contributed by atoms with Crippen LogP contribution in [0.15, 0.2) is 12.1 Å². The number of rotatable bonds is 6. The highest BCUT2D eigenvalue weighted by Crippen LogP contribution is 2.41. The van der Waals surface area contributed by atoms with Gasteiger partial charge >= 0.3 is 0 Å². The molecule has 1 aliphatic heterocycles. The molecule has 1 aromatic heterocycles. The highest BCUT2D eigenvalue weighted by Gasteiger charge is 2.33. The van der Waals surface area contributed by atoms with Crippen molar-refractivity contribution in [3.05, 3.63) is 12.1 Å². The molecule has 1 saturated heterocycles. The summed E-state index contributed by atoms with van der Waals surface area (Å²) < 4.78 is 17.7. The number of anilines is 1. The number of benzene rings is 1. The molecule has 0 unspecified atom stereocenters. The second-order valence-corrected chi connectivity index (χ2v) is 8.19. The quantitative estimate of drug-likeness (QED) is 0.746. The lowest BCUT2D eigenvalue weighted by Crippen LogP contribution is -2.40. The number of carbonyl (C=O) groups excluding carboxylic acids is 1. The third-order valence-electron chi connectivity index (χ3n) is 5.51. The third kappa shape index (κ3) is 3.62. The van der Waals surface area contributed by atoms with E-state index in [0.29, 0.717) is 17.4 Å². The Labute approximate surface area is 163 Å². The van der Waals surface area contributed by atoms with Crippen molar-refractivity contribution in [2.45, 2.75) is 44.6 Å². The SMILES string of the molecule is COc1ccc(OC)c2sc(N(C[C@H]3CCCO3)C(=O)C3CCCC3)nc12. The Bertz CT molecular complexity index is 769. The highest BCUT2D eigenvalue weighted by atomic mass is 32.1. The molecule has 0 bridgehead atoms. The predicted molar refractivity (Wildman–Crippen MR) is 106 cm³/mol. The van der Waals surface area contributed by atoms with E-state index in [1.54, 1.807) is 14.2 Å². The molecule has 0 N–H and O–H groups in total. The minimum Gasteiger partial charge on any atom is -0.495 e. The number of carbonyl (C=O) groups is 1. The Morgan fingerprint density at radius 1 is 1.19 bits per heavy atom. The molecule has 0 spiro atoms. The van der Waals surface area contributed by atoms with Crippen LogP contribution in [0.25, 0.3) is 10.2 Å². The Morgan fingerprint density at radius 3 is 2.59 bits per heavy atom. The van der Waals surface area contributed by atoms with Crippen molar-refractivity contribution in [1.82, 2.24) is 4.98 Å². The van der Waals surface area contributed by atoms with Crippen LogP contribution < -0.4 is 14.4 Å². The molecular formula is C20H26N2O4S. The fourth-order valence-corrected chi connectivity index (χ4v) is 5.13. The van der Waals surface area contributed by atoms with E-state index in [-0.39, 0.29) is 17.9 Å². The van der Waals surface area contributed by atoms with Crippen molar-refractivity contribution in [3.8, 4) is 11.5 Å². The Balaban J connectivity index is 1.72. The molecule has 2 fully saturated rings. The van der Waals surface area contributed by atoms with Crippen molar-refractivity contribution in [2.24, 2.45) is 5.92 Å². The smallest absolute Gasteiger partial charge is 0.231 e. The van der Waals surface area contributed by atoms with Gasteiger partial charge in [-0.3, -0.25) is 9.69 Å². The van der Waals surface area contributed by atoms with Crippen LogP contribution in [-0.4, -0.2) is 44.4 Å². The average Bonchev–Trinajstić information content (AvgIpc) is 3.45. The second-order valence-electron chi connectivity index (χ2n) is 7.21. The zero-order valence-electron chi connectivity index (χ0n) is 15.9. The Morgan fingerprint density at radius 2 is 1.93 bits per heavy atom. The number of thiazole rings is 1. The van der Waals surface area contributed by atoms with Crippen LogP contribution >= 0.6 is 11.3 Å². The van der Waals surface area contributed by atoms with Crippen LogP contribution in [0.5, 0.6) is 11.5 Å². The standard InChI is InChI=1S/C20H26N2O4S/c1-24-15-9-10-16(25-2)18-17(15)21-20(27-18)22(12-14-8-5-11-26-14)19(23)13-6-3-4-7-13/h9-10,13-14H,3-8,11-12H2,1-2H3/t14-/m1/s1. The molecule has 1 aromatic carbocycles. The molecular weight excluding hydrogens is 364 g/mol. The van der Waals surface area contributed by atoms with E-state index in [1.165, 1.54) is 11.3 Å². The Kier molecular flexibility index (Phi) is 5.50. The number of hydrogen-bond donors (Lipinski definition) is 0. The molecule has 2 aliphatic rings. The highest BCUT2D eigenvalue weighted by molar-refractivity contribution is 7.22. The van der Waals surface area contributed by atoms with Crippen molar-refractivity contribution in [1.29, 1.82) is 0 Å². The molecule has 1 amide bonds. The first-order valence-electron chi connectivity index (χ1n) is 9.65. The maximum absolute atomic E-state index is 13.3. The summed E-state index contributed by atoms with van der Waals surface area (Å²) in [6.07, 6.45) is 6.34. The summed E-state index contributed by atoms with van der Waals surface area (Å²) in [6.45, 7) is 1.34. The van der Waals surface area contributed by atoms with E-state index in [0.717, 1.165) is 61.1 Å². The first-order valence-corrected chi connectivity index (χ1v) is 10.5. The molecule has 7 heteroatoms. The van der Waals surface area contributed by atoms with Gasteiger partial charge < -0.3 is 14.2 Å². The first kappa shape index (κ1) is 18.5. The molecule has 2 heterocycles. The van der Waals surface area contributed by atoms with Crippen LogP contribution in [0, 0.1) is 5.92 Å². The average molecular weight is 391 g/mol. The lowest BCUT2D eigenvalue weighted by molar-refractivity contribution is -0.122. The molecule has 1 saturated carbocycles. The zero-order valence-corrected chi connectivity index (χ0v) is 16.7. The molecule has 27 heavy (non-hydrogen) atoms. The first-order chi connectivity index (χ1) is 13.2. The normalized spacial score (nSPS) is 20.3. The lowest BCUT2D eigenvalue weighted by Gasteiger charge is -2.25. The molecule has 4 rings (SSSR count). The predicted octanol–water partition coefficient (Wildman–Crippen LogP) is 4.02. The van der Waals surface area contributed by atoms with E-state index in [2.05, 4.69) is 0 Å². The van der Waals surface area contributed by atoms with Crippen LogP contribution in [0.3, 0.4) is 0 Å². The fraction of sp³-hybridized carbons (Fsp3) is 0.600. The van der Waals surface area contributed by atoms with Gasteiger partial charge in [-0.2, -0.15) is 0 Å². The number of amides is 1. The van der Waals surface area contributed by atoms with Crippen molar-refractivity contribution in [2.75, 3.05) is 32.3 Å². The van der Waals surface area contributed by atoms with Gasteiger partial charge in [-0.1, -0.05) is 24.2 Å². The van der Waals surface area contributed by atoms with Crippen molar-refractivity contribution >= 4 is 32.6 Å². The van der Waals surface area contributed by atoms with Gasteiger partial charge in [0.15, 0.2) is 5.13 Å². The summed E-state index contributed by atoms with van der Waals surface area (Å²) in [7, 11) is 3.28. The second kappa shape index (κ2) is 8.02. The number of hydrogen-bond acceptors (Lipinski definition) is 6. The minimum atomic E-state index is 0.0890. The van der Waals surface area contributed by atoms with Gasteiger partial charge in [0.05, 0.1) is 26.9 Å². The number of aromatic nitrogens is 1. The van der Waals surface area contributed by atoms with E-state index in [4.69, 9.17) is 19.2 Å². The fourth-order valence-electron chi connectivity index (χ4n) is 4.04. The van der Waals surface area contributed by atoms with Gasteiger partial charge in [-0.05, 0) is 37.8 Å². The van der Waals surface area contributed by atoms with Crippen molar-refractivity contribution < 1.29 is 19.0 Å². The van der Waals surface area contributed by atoms with Gasteiger partial charge in [0.1, 0.15) is 21.7 Å². The summed E-state index contributed by atoms with van der Waals surface area (Å²) in [5.74, 6) is 1.72. The molecule has 1 atom stereocenters. The minimum absolute atomic E-state index is 0.0890. The number of methoxy groups -OCH3 is 2. The maximum Gasteiger partial charge on any atom is 0.231 e. The summed E-state index contributed by atoms with van der Waals surface area (Å²) in [4.78, 5) is 19.9. The van der Waals surface area contributed by atoms with Crippen LogP contribution in [0.2, 0.25) is 0 Å². The van der Waals surface area contributed by atoms with Crippen LogP contribution in [0.4, 0.5) is 5.13 Å². The molecule has 0 radical (unpaired) electrons. The monoisotopic (exact) mass is 390 g/mol. The number of ether oxygens (including phenoxy) is 3. The summed E-state index contributed by atoms with van der Waals surface area (Å²) in [5.41, 5.74) is 0.744. The van der Waals surface area contributed by atoms with Gasteiger partial charge in [0.2, 0.25) is 5.91 Å². The number of fused-ring (bicyclic) bond motifs is 1. The maximum atomic E-state index is 13.3. The topological polar surface area (TPSA) is 60.9 Å². The molecule has 2 aromatic rings. The van der Waals surface area contributed by atoms with Gasteiger partial charge in [-0.15, -0.1) is 0 Å². The van der Waals surface area contributed by atoms with E-state index in [1.807, 2.05) is 17.0 Å².